The van der Waals surface area contributed by atoms with Gasteiger partial charge in [0.25, 0.3) is 5.91 Å². The van der Waals surface area contributed by atoms with Gasteiger partial charge in [-0.1, -0.05) is 23.7 Å². The number of H-pyrrole nitrogens is 1. The van der Waals surface area contributed by atoms with Crippen molar-refractivity contribution >= 4 is 39.9 Å². The molecule has 3 N–H and O–H groups in total. The van der Waals surface area contributed by atoms with Crippen LogP contribution in [0.4, 0.5) is 11.5 Å². The quantitative estimate of drug-likeness (QED) is 0.252. The van der Waals surface area contributed by atoms with Crippen molar-refractivity contribution in [2.75, 3.05) is 10.6 Å². The van der Waals surface area contributed by atoms with Crippen molar-refractivity contribution in [3.05, 3.63) is 118 Å². The van der Waals surface area contributed by atoms with E-state index in [0.29, 0.717) is 16.3 Å². The Labute approximate surface area is 208 Å². The fourth-order valence-electron chi connectivity index (χ4n) is 4.23. The number of amides is 1. The van der Waals surface area contributed by atoms with E-state index in [9.17, 15) is 4.79 Å². The lowest BCUT2D eigenvalue weighted by Crippen LogP contribution is -2.15. The zero-order chi connectivity index (χ0) is 24.4. The van der Waals surface area contributed by atoms with Gasteiger partial charge in [-0.15, -0.1) is 0 Å². The highest BCUT2D eigenvalue weighted by Crippen LogP contribution is 2.35. The van der Waals surface area contributed by atoms with Crippen molar-refractivity contribution in [2.24, 2.45) is 0 Å². The number of rotatable bonds is 6. The first-order chi connectivity index (χ1) is 17.0. The first-order valence-corrected chi connectivity index (χ1v) is 11.6. The molecule has 5 aromatic rings. The Bertz CT molecular complexity index is 1510. The van der Waals surface area contributed by atoms with Gasteiger partial charge in [0.2, 0.25) is 0 Å². The topological polar surface area (TPSA) is 82.7 Å². The number of benzene rings is 2. The second-order valence-electron chi connectivity index (χ2n) is 8.44. The fourth-order valence-corrected chi connectivity index (χ4v) is 4.42. The number of nitrogens with one attached hydrogen (secondary N) is 3. The van der Waals surface area contributed by atoms with Crippen LogP contribution in [0, 0.1) is 13.8 Å². The smallest absolute Gasteiger partial charge is 0.255 e. The molecule has 0 aliphatic carbocycles. The molecule has 0 aliphatic heterocycles. The highest BCUT2D eigenvalue weighted by molar-refractivity contribution is 6.31. The molecule has 0 spiro atoms. The molecule has 3 heterocycles. The molecule has 0 unspecified atom stereocenters. The third-order valence-electron chi connectivity index (χ3n) is 5.86. The van der Waals surface area contributed by atoms with Crippen LogP contribution in [0.1, 0.15) is 38.9 Å². The molecule has 6 nitrogen and oxygen atoms in total. The number of nitrogens with zero attached hydrogens (tertiary/aromatic N) is 2. The molecule has 0 radical (unpaired) electrons. The predicted molar refractivity (Wildman–Crippen MR) is 141 cm³/mol. The number of anilines is 2. The van der Waals surface area contributed by atoms with Gasteiger partial charge in [-0.2, -0.15) is 0 Å². The highest BCUT2D eigenvalue weighted by Gasteiger charge is 2.23. The van der Waals surface area contributed by atoms with Crippen molar-refractivity contribution in [2.45, 2.75) is 19.9 Å². The maximum atomic E-state index is 12.8. The van der Waals surface area contributed by atoms with Gasteiger partial charge in [0.05, 0.1) is 11.7 Å². The minimum Gasteiger partial charge on any atom is -0.358 e. The number of halogens is 1. The van der Waals surface area contributed by atoms with E-state index in [1.165, 1.54) is 0 Å². The molecule has 0 saturated heterocycles. The molecule has 5 rings (SSSR count). The number of aryl methyl sites for hydroxylation is 2. The summed E-state index contributed by atoms with van der Waals surface area (Å²) in [7, 11) is 0. The molecule has 0 saturated carbocycles. The highest BCUT2D eigenvalue weighted by atomic mass is 35.5. The van der Waals surface area contributed by atoms with Gasteiger partial charge in [0, 0.05) is 50.8 Å². The third kappa shape index (κ3) is 4.88. The number of hydrogen-bond acceptors (Lipinski definition) is 4. The van der Waals surface area contributed by atoms with Crippen molar-refractivity contribution in [3.63, 3.8) is 0 Å². The van der Waals surface area contributed by atoms with Gasteiger partial charge in [0.15, 0.2) is 0 Å². The lowest BCUT2D eigenvalue weighted by molar-refractivity contribution is 0.102. The normalized spacial score (nSPS) is 11.9. The van der Waals surface area contributed by atoms with Crippen LogP contribution in [-0.2, 0) is 0 Å². The second-order valence-corrected chi connectivity index (χ2v) is 8.88. The van der Waals surface area contributed by atoms with Gasteiger partial charge in [-0.05, 0) is 80.1 Å². The maximum Gasteiger partial charge on any atom is 0.255 e. The van der Waals surface area contributed by atoms with Crippen LogP contribution in [0.2, 0.25) is 5.02 Å². The SMILES string of the molecule is Cc1ccnc(N[C@H](c2ccccn2)c2c(C)[nH]c3ccc(NC(=O)c4cccc(Cl)c4)cc23)c1. The summed E-state index contributed by atoms with van der Waals surface area (Å²) < 4.78 is 0. The lowest BCUT2D eigenvalue weighted by atomic mass is 9.99. The Kier molecular flexibility index (Phi) is 6.21. The van der Waals surface area contributed by atoms with Gasteiger partial charge < -0.3 is 15.6 Å². The van der Waals surface area contributed by atoms with Crippen LogP contribution in [-0.4, -0.2) is 20.9 Å². The first-order valence-electron chi connectivity index (χ1n) is 11.3. The van der Waals surface area contributed by atoms with Crippen molar-refractivity contribution in [1.82, 2.24) is 15.0 Å². The van der Waals surface area contributed by atoms with Gasteiger partial charge in [-0.25, -0.2) is 4.98 Å². The van der Waals surface area contributed by atoms with E-state index >= 15 is 0 Å². The average Bonchev–Trinajstić information content (AvgIpc) is 3.18. The minimum absolute atomic E-state index is 0.219. The van der Waals surface area contributed by atoms with Crippen LogP contribution in [0.3, 0.4) is 0 Å². The number of pyridine rings is 2. The van der Waals surface area contributed by atoms with Crippen LogP contribution in [0.15, 0.2) is 85.2 Å². The molecule has 35 heavy (non-hydrogen) atoms. The molecule has 0 bridgehead atoms. The largest absolute Gasteiger partial charge is 0.358 e. The van der Waals surface area contributed by atoms with Crippen molar-refractivity contribution in [1.29, 1.82) is 0 Å². The summed E-state index contributed by atoms with van der Waals surface area (Å²) in [6.45, 7) is 4.08. The second kappa shape index (κ2) is 9.60. The molecule has 174 valence electrons. The summed E-state index contributed by atoms with van der Waals surface area (Å²) in [6.07, 6.45) is 3.58. The molecule has 1 amide bonds. The Morgan fingerprint density at radius 3 is 2.60 bits per heavy atom. The summed E-state index contributed by atoms with van der Waals surface area (Å²) >= 11 is 6.06. The zero-order valence-corrected chi connectivity index (χ0v) is 20.1. The van der Waals surface area contributed by atoms with E-state index in [2.05, 4.69) is 25.6 Å². The summed E-state index contributed by atoms with van der Waals surface area (Å²) in [4.78, 5) is 25.4. The van der Waals surface area contributed by atoms with Gasteiger partial charge in [0.1, 0.15) is 5.82 Å². The molecular formula is C28H24ClN5O. The Hall–Kier alpha value is -4.16. The van der Waals surface area contributed by atoms with Gasteiger partial charge in [-0.3, -0.25) is 9.78 Å². The molecule has 0 aliphatic rings. The van der Waals surface area contributed by atoms with E-state index in [1.807, 2.05) is 62.4 Å². The van der Waals surface area contributed by atoms with Crippen LogP contribution in [0.5, 0.6) is 0 Å². The summed E-state index contributed by atoms with van der Waals surface area (Å²) in [6, 6.07) is 22.3. The number of hydrogen-bond donors (Lipinski definition) is 3. The van der Waals surface area contributed by atoms with E-state index < -0.39 is 0 Å². The van der Waals surface area contributed by atoms with Crippen LogP contribution in [0.25, 0.3) is 10.9 Å². The Morgan fingerprint density at radius 1 is 0.943 bits per heavy atom. The number of aromatic amines is 1. The summed E-state index contributed by atoms with van der Waals surface area (Å²) in [5.41, 5.74) is 6.20. The van der Waals surface area contributed by atoms with E-state index in [4.69, 9.17) is 11.6 Å². The standard InChI is InChI=1S/C28H24ClN5O/c1-17-11-13-31-25(14-17)34-27(24-8-3-4-12-30-24)26-18(2)32-23-10-9-21(16-22(23)26)33-28(35)19-6-5-7-20(29)15-19/h3-16,27,32H,1-2H3,(H,31,34)(H,33,35)/t27-/m1/s1. The zero-order valence-electron chi connectivity index (χ0n) is 19.3. The van der Waals surface area contributed by atoms with Gasteiger partial charge >= 0.3 is 0 Å². The number of carbonyl (C=O) groups excluding carboxylic acids is 1. The van der Waals surface area contributed by atoms with E-state index in [1.54, 1.807) is 36.7 Å². The molecule has 1 atom stereocenters. The Morgan fingerprint density at radius 2 is 1.83 bits per heavy atom. The molecule has 0 fully saturated rings. The minimum atomic E-state index is -0.252. The summed E-state index contributed by atoms with van der Waals surface area (Å²) in [5.74, 6) is 0.545. The van der Waals surface area contributed by atoms with E-state index in [-0.39, 0.29) is 11.9 Å². The predicted octanol–water partition coefficient (Wildman–Crippen LogP) is 6.68. The number of carbonyl (C=O) groups is 1. The maximum absolute atomic E-state index is 12.8. The van der Waals surface area contributed by atoms with Crippen molar-refractivity contribution in [3.8, 4) is 0 Å². The number of fused-ring (bicyclic) bond motifs is 1. The third-order valence-corrected chi connectivity index (χ3v) is 6.10. The average molecular weight is 482 g/mol. The van der Waals surface area contributed by atoms with Crippen molar-refractivity contribution < 1.29 is 4.79 Å². The first kappa shape index (κ1) is 22.6. The van der Waals surface area contributed by atoms with Crippen LogP contribution >= 0.6 is 11.6 Å². The molecule has 7 heteroatoms. The molecule has 3 aromatic heterocycles. The monoisotopic (exact) mass is 481 g/mol. The van der Waals surface area contributed by atoms with E-state index in [0.717, 1.165) is 39.2 Å². The lowest BCUT2D eigenvalue weighted by Gasteiger charge is -2.20. The molecule has 2 aromatic carbocycles. The Balaban J connectivity index is 1.56. The fraction of sp³-hybridized carbons (Fsp3) is 0.107. The summed E-state index contributed by atoms with van der Waals surface area (Å²) in [5, 5.41) is 8.07. The number of aromatic nitrogens is 3. The van der Waals surface area contributed by atoms with Crippen LogP contribution < -0.4 is 10.6 Å². The molecular weight excluding hydrogens is 458 g/mol.